The number of hydrogen-bond acceptors (Lipinski definition) is 8. The lowest BCUT2D eigenvalue weighted by molar-refractivity contribution is -0.350. The molecule has 1 saturated heterocycles. The molecule has 174 valence electrons. The molecule has 0 aromatic rings. The first-order chi connectivity index (χ1) is 14.1. The number of Topliss-reactive ketones (excluding diaryl/α,β-unsaturated/α-hetero) is 1. The van der Waals surface area contributed by atoms with Gasteiger partial charge in [0.2, 0.25) is 0 Å². The third kappa shape index (κ3) is 2.60. The van der Waals surface area contributed by atoms with Crippen LogP contribution in [0, 0.1) is 22.7 Å². The second kappa shape index (κ2) is 6.60. The molecule has 3 aliphatic carbocycles. The summed E-state index contributed by atoms with van der Waals surface area (Å²) in [6, 6.07) is 0. The van der Waals surface area contributed by atoms with Crippen LogP contribution in [0.15, 0.2) is 11.1 Å². The molecule has 1 aliphatic heterocycles. The van der Waals surface area contributed by atoms with E-state index in [2.05, 4.69) is 0 Å². The molecule has 9 atom stereocenters. The number of carbonyl (C=O) groups excluding carboxylic acids is 2. The largest absolute Gasteiger partial charge is 0.459 e. The lowest BCUT2D eigenvalue weighted by atomic mass is 9.43. The number of carbonyl (C=O) groups is 2. The van der Waals surface area contributed by atoms with Crippen molar-refractivity contribution in [2.45, 2.75) is 90.0 Å². The van der Waals surface area contributed by atoms with Crippen LogP contribution in [0.5, 0.6) is 0 Å². The zero-order valence-corrected chi connectivity index (χ0v) is 19.0. The van der Waals surface area contributed by atoms with Crippen molar-refractivity contribution in [2.75, 3.05) is 6.61 Å². The van der Waals surface area contributed by atoms with Crippen LogP contribution in [0.1, 0.15) is 54.4 Å². The molecule has 0 amide bonds. The van der Waals surface area contributed by atoms with Crippen LogP contribution >= 0.6 is 0 Å². The maximum atomic E-state index is 13.7. The van der Waals surface area contributed by atoms with Gasteiger partial charge in [0, 0.05) is 35.7 Å². The van der Waals surface area contributed by atoms with Crippen molar-refractivity contribution in [3.8, 4) is 0 Å². The Hall–Kier alpha value is -1.32. The Labute approximate surface area is 182 Å². The van der Waals surface area contributed by atoms with Crippen LogP contribution in [-0.2, 0) is 19.1 Å². The molecule has 2 unspecified atom stereocenters. The predicted octanol–water partition coefficient (Wildman–Crippen LogP) is 0.492. The van der Waals surface area contributed by atoms with Crippen molar-refractivity contribution in [1.29, 1.82) is 0 Å². The Bertz CT molecular complexity index is 864. The summed E-state index contributed by atoms with van der Waals surface area (Å²) in [6.45, 7) is 9.71. The number of aliphatic hydroxyl groups is 4. The maximum absolute atomic E-state index is 13.7. The highest BCUT2D eigenvalue weighted by atomic mass is 16.6. The number of ether oxygens (including phenoxy) is 2. The van der Waals surface area contributed by atoms with Crippen LogP contribution in [-0.4, -0.2) is 74.4 Å². The van der Waals surface area contributed by atoms with E-state index in [4.69, 9.17) is 9.47 Å². The van der Waals surface area contributed by atoms with Crippen molar-refractivity contribution in [3.05, 3.63) is 11.1 Å². The van der Waals surface area contributed by atoms with Gasteiger partial charge in [-0.25, -0.2) is 0 Å². The molecule has 0 spiro atoms. The van der Waals surface area contributed by atoms with Gasteiger partial charge in [0.1, 0.15) is 23.4 Å². The smallest absolute Gasteiger partial charge is 0.303 e. The highest BCUT2D eigenvalue weighted by Gasteiger charge is 2.75. The van der Waals surface area contributed by atoms with E-state index in [9.17, 15) is 30.0 Å². The quantitative estimate of drug-likeness (QED) is 0.435. The molecular weight excluding hydrogens is 404 g/mol. The molecule has 0 aromatic carbocycles. The molecule has 8 heteroatoms. The Morgan fingerprint density at radius 2 is 1.81 bits per heavy atom. The van der Waals surface area contributed by atoms with Gasteiger partial charge in [-0.3, -0.25) is 9.59 Å². The lowest BCUT2D eigenvalue weighted by Gasteiger charge is -2.68. The van der Waals surface area contributed by atoms with Gasteiger partial charge < -0.3 is 29.9 Å². The highest BCUT2D eigenvalue weighted by molar-refractivity contribution is 6.02. The van der Waals surface area contributed by atoms with E-state index in [1.54, 1.807) is 27.7 Å². The Morgan fingerprint density at radius 1 is 1.19 bits per heavy atom. The predicted molar refractivity (Wildman–Crippen MR) is 109 cm³/mol. The molecular formula is C23H34O8. The number of esters is 1. The summed E-state index contributed by atoms with van der Waals surface area (Å²) in [7, 11) is 0. The first kappa shape index (κ1) is 22.9. The summed E-state index contributed by atoms with van der Waals surface area (Å²) in [5, 5.41) is 46.1. The fraction of sp³-hybridized carbons (Fsp3) is 0.826. The van der Waals surface area contributed by atoms with E-state index in [0.29, 0.717) is 12.0 Å². The highest BCUT2D eigenvalue weighted by Crippen LogP contribution is 2.64. The van der Waals surface area contributed by atoms with Crippen LogP contribution < -0.4 is 0 Å². The minimum atomic E-state index is -1.86. The summed E-state index contributed by atoms with van der Waals surface area (Å²) < 4.78 is 11.4. The Morgan fingerprint density at radius 3 is 2.32 bits per heavy atom. The van der Waals surface area contributed by atoms with Gasteiger partial charge in [0.15, 0.2) is 5.78 Å². The van der Waals surface area contributed by atoms with E-state index in [1.165, 1.54) is 6.92 Å². The number of rotatable bonds is 1. The van der Waals surface area contributed by atoms with Crippen LogP contribution in [0.25, 0.3) is 0 Å². The summed E-state index contributed by atoms with van der Waals surface area (Å²) in [5.74, 6) is -2.49. The van der Waals surface area contributed by atoms with Gasteiger partial charge in [-0.2, -0.15) is 0 Å². The fourth-order valence-electron chi connectivity index (χ4n) is 6.97. The van der Waals surface area contributed by atoms with Gasteiger partial charge in [0.25, 0.3) is 0 Å². The summed E-state index contributed by atoms with van der Waals surface area (Å²) in [5.41, 5.74) is -5.26. The zero-order valence-electron chi connectivity index (χ0n) is 19.0. The van der Waals surface area contributed by atoms with E-state index in [0.717, 1.165) is 0 Å². The number of aliphatic hydroxyl groups excluding tert-OH is 2. The molecule has 3 fully saturated rings. The first-order valence-electron chi connectivity index (χ1n) is 11.0. The SMILES string of the molecule is CC(=O)OC1C2[C@](C)([C@H](O)C(=O)C3=C(C)[C@@H](O)C[C@]1(O)C3(C)C)[C@@H](C)C[C@H]1OC[C@@]21O. The van der Waals surface area contributed by atoms with E-state index in [1.807, 2.05) is 6.92 Å². The summed E-state index contributed by atoms with van der Waals surface area (Å²) in [4.78, 5) is 26.0. The van der Waals surface area contributed by atoms with Gasteiger partial charge in [-0.1, -0.05) is 27.7 Å². The van der Waals surface area contributed by atoms with Gasteiger partial charge >= 0.3 is 5.97 Å². The molecule has 2 bridgehead atoms. The van der Waals surface area contributed by atoms with Crippen LogP contribution in [0.4, 0.5) is 0 Å². The average molecular weight is 439 g/mol. The number of ketones is 1. The second-order valence-corrected chi connectivity index (χ2v) is 10.9. The zero-order chi connectivity index (χ0) is 23.3. The molecule has 0 aromatic heterocycles. The number of fused-ring (bicyclic) bond motifs is 5. The minimum absolute atomic E-state index is 0.0515. The fourth-order valence-corrected chi connectivity index (χ4v) is 6.97. The molecule has 4 aliphatic rings. The molecule has 31 heavy (non-hydrogen) atoms. The van der Waals surface area contributed by atoms with Crippen molar-refractivity contribution >= 4 is 11.8 Å². The van der Waals surface area contributed by atoms with E-state index < -0.39 is 64.1 Å². The molecule has 1 heterocycles. The van der Waals surface area contributed by atoms with Gasteiger partial charge in [-0.05, 0) is 24.8 Å². The standard InChI is InChI=1S/C23H34O8/c1-10-7-14-22(28,9-30-14)17-19(31-12(3)24)23(29)8-13(25)11(2)15(20(23,4)5)16(26)18(27)21(10,17)6/h10,13-14,17-19,25,27-29H,7-9H2,1-6H3/t10-,13-,14+,17?,18+,19?,21+,22-,23+/m0/s1. The molecule has 2 saturated carbocycles. The number of hydrogen-bond donors (Lipinski definition) is 4. The lowest BCUT2D eigenvalue weighted by Crippen LogP contribution is -2.80. The first-order valence-corrected chi connectivity index (χ1v) is 11.0. The molecule has 0 radical (unpaired) electrons. The van der Waals surface area contributed by atoms with Gasteiger partial charge in [-0.15, -0.1) is 0 Å². The maximum Gasteiger partial charge on any atom is 0.303 e. The van der Waals surface area contributed by atoms with Crippen molar-refractivity contribution in [1.82, 2.24) is 0 Å². The van der Waals surface area contributed by atoms with Crippen molar-refractivity contribution in [3.63, 3.8) is 0 Å². The van der Waals surface area contributed by atoms with Gasteiger partial charge in [0.05, 0.1) is 18.8 Å². The van der Waals surface area contributed by atoms with E-state index >= 15 is 0 Å². The van der Waals surface area contributed by atoms with Crippen LogP contribution in [0.3, 0.4) is 0 Å². The summed E-state index contributed by atoms with van der Waals surface area (Å²) in [6.07, 6.45) is -4.25. The second-order valence-electron chi connectivity index (χ2n) is 10.9. The average Bonchev–Trinajstić information content (AvgIpc) is 2.66. The third-order valence-electron chi connectivity index (χ3n) is 9.17. The Kier molecular flexibility index (Phi) is 4.87. The van der Waals surface area contributed by atoms with E-state index in [-0.39, 0.29) is 24.5 Å². The molecule has 4 N–H and O–H groups in total. The molecule has 4 rings (SSSR count). The normalized spacial score (nSPS) is 51.1. The van der Waals surface area contributed by atoms with Crippen molar-refractivity contribution in [2.24, 2.45) is 22.7 Å². The monoisotopic (exact) mass is 438 g/mol. The van der Waals surface area contributed by atoms with Crippen molar-refractivity contribution < 1.29 is 39.5 Å². The minimum Gasteiger partial charge on any atom is -0.459 e. The third-order valence-corrected chi connectivity index (χ3v) is 9.17. The topological polar surface area (TPSA) is 134 Å². The summed E-state index contributed by atoms with van der Waals surface area (Å²) >= 11 is 0. The Balaban J connectivity index is 2.06. The van der Waals surface area contributed by atoms with Crippen LogP contribution in [0.2, 0.25) is 0 Å². The molecule has 8 nitrogen and oxygen atoms in total.